The number of hydrazone groups is 1. The standard InChI is InChI=1S/C19H27N3O4/c1-14(2)18(19(24)25-13-16-9-5-4-6-10-16)21-12-17(22-20)26-15(3)8-7-11-23/h4-6,9-12,14-15,18H,7-8,13,20H2,1-3H3/t15?,18-/m0/s1. The van der Waals surface area contributed by atoms with Crippen molar-refractivity contribution in [3.63, 3.8) is 0 Å². The van der Waals surface area contributed by atoms with Crippen molar-refractivity contribution in [2.24, 2.45) is 21.9 Å². The van der Waals surface area contributed by atoms with Crippen molar-refractivity contribution >= 4 is 24.4 Å². The van der Waals surface area contributed by atoms with E-state index in [2.05, 4.69) is 10.1 Å². The number of hydrogen-bond acceptors (Lipinski definition) is 7. The van der Waals surface area contributed by atoms with Gasteiger partial charge in [-0.15, -0.1) is 5.10 Å². The lowest BCUT2D eigenvalue weighted by atomic mass is 10.1. The molecular weight excluding hydrogens is 334 g/mol. The number of esters is 1. The zero-order valence-corrected chi connectivity index (χ0v) is 15.5. The van der Waals surface area contributed by atoms with Crippen LogP contribution in [-0.4, -0.2) is 36.5 Å². The zero-order chi connectivity index (χ0) is 19.4. The molecule has 142 valence electrons. The number of aldehydes is 1. The van der Waals surface area contributed by atoms with Gasteiger partial charge in [0.15, 0.2) is 0 Å². The van der Waals surface area contributed by atoms with Crippen LogP contribution in [0.3, 0.4) is 0 Å². The van der Waals surface area contributed by atoms with E-state index in [1.165, 1.54) is 6.21 Å². The molecule has 1 unspecified atom stereocenters. The molecule has 2 N–H and O–H groups in total. The Hall–Kier alpha value is -2.70. The Morgan fingerprint density at radius 2 is 1.92 bits per heavy atom. The third-order valence-corrected chi connectivity index (χ3v) is 3.58. The number of ether oxygens (including phenoxy) is 2. The molecule has 0 saturated heterocycles. The van der Waals surface area contributed by atoms with Crippen LogP contribution in [0.2, 0.25) is 0 Å². The van der Waals surface area contributed by atoms with Crippen LogP contribution in [0.25, 0.3) is 0 Å². The third kappa shape index (κ3) is 7.92. The van der Waals surface area contributed by atoms with E-state index >= 15 is 0 Å². The fourth-order valence-electron chi connectivity index (χ4n) is 2.13. The van der Waals surface area contributed by atoms with Crippen LogP contribution in [0.4, 0.5) is 0 Å². The minimum atomic E-state index is -0.690. The Bertz CT molecular complexity index is 614. The average molecular weight is 361 g/mol. The van der Waals surface area contributed by atoms with Gasteiger partial charge in [-0.05, 0) is 24.8 Å². The first-order chi connectivity index (χ1) is 12.5. The van der Waals surface area contributed by atoms with E-state index in [9.17, 15) is 9.59 Å². The molecule has 0 amide bonds. The Balaban J connectivity index is 2.65. The Kier molecular flexibility index (Phi) is 9.67. The highest BCUT2D eigenvalue weighted by Crippen LogP contribution is 2.11. The van der Waals surface area contributed by atoms with Gasteiger partial charge in [-0.1, -0.05) is 44.2 Å². The molecule has 0 radical (unpaired) electrons. The summed E-state index contributed by atoms with van der Waals surface area (Å²) < 4.78 is 10.9. The van der Waals surface area contributed by atoms with Gasteiger partial charge in [0, 0.05) is 6.42 Å². The van der Waals surface area contributed by atoms with Crippen LogP contribution in [0.1, 0.15) is 39.2 Å². The molecular formula is C19H27N3O4. The highest BCUT2D eigenvalue weighted by atomic mass is 16.5. The molecule has 0 aliphatic carbocycles. The second-order valence-corrected chi connectivity index (χ2v) is 6.20. The normalized spacial score (nSPS) is 14.2. The number of benzene rings is 1. The molecule has 0 heterocycles. The number of nitrogens with zero attached hydrogens (tertiary/aromatic N) is 2. The van der Waals surface area contributed by atoms with Gasteiger partial charge >= 0.3 is 5.97 Å². The lowest BCUT2D eigenvalue weighted by Gasteiger charge is -2.16. The number of aliphatic imine (C=N–C) groups is 1. The van der Waals surface area contributed by atoms with Crippen molar-refractivity contribution in [3.8, 4) is 0 Å². The van der Waals surface area contributed by atoms with E-state index < -0.39 is 12.0 Å². The molecule has 1 rings (SSSR count). The monoisotopic (exact) mass is 361 g/mol. The predicted molar refractivity (Wildman–Crippen MR) is 101 cm³/mol. The summed E-state index contributed by atoms with van der Waals surface area (Å²) in [6.45, 7) is 5.74. The van der Waals surface area contributed by atoms with Crippen LogP contribution in [0.5, 0.6) is 0 Å². The second kappa shape index (κ2) is 11.8. The number of carbonyl (C=O) groups is 2. The largest absolute Gasteiger partial charge is 0.473 e. The van der Waals surface area contributed by atoms with Gasteiger partial charge in [0.1, 0.15) is 18.9 Å². The molecule has 0 spiro atoms. The first-order valence-corrected chi connectivity index (χ1v) is 8.59. The average Bonchev–Trinajstić information content (AvgIpc) is 2.64. The Morgan fingerprint density at radius 1 is 1.23 bits per heavy atom. The van der Waals surface area contributed by atoms with Gasteiger partial charge in [-0.2, -0.15) is 0 Å². The van der Waals surface area contributed by atoms with E-state index in [-0.39, 0.29) is 24.5 Å². The molecule has 0 aliphatic heterocycles. The maximum atomic E-state index is 12.3. The first-order valence-electron chi connectivity index (χ1n) is 8.59. The molecule has 0 fully saturated rings. The molecule has 7 nitrogen and oxygen atoms in total. The van der Waals surface area contributed by atoms with E-state index in [0.29, 0.717) is 12.8 Å². The SMILES string of the molecule is CC(CCC=O)OC(C=N[C@H](C(=O)OCc1ccccc1)C(C)C)=NN. The summed E-state index contributed by atoms with van der Waals surface area (Å²) in [6, 6.07) is 8.74. The number of rotatable bonds is 10. The van der Waals surface area contributed by atoms with E-state index in [1.54, 1.807) is 6.92 Å². The summed E-state index contributed by atoms with van der Waals surface area (Å²) in [7, 11) is 0. The van der Waals surface area contributed by atoms with Crippen LogP contribution in [-0.2, 0) is 25.7 Å². The summed E-state index contributed by atoms with van der Waals surface area (Å²) >= 11 is 0. The van der Waals surface area contributed by atoms with Gasteiger partial charge < -0.3 is 20.1 Å². The fraction of sp³-hybridized carbons (Fsp3) is 0.474. The van der Waals surface area contributed by atoms with E-state index in [0.717, 1.165) is 11.8 Å². The lowest BCUT2D eigenvalue weighted by molar-refractivity contribution is -0.147. The number of carbonyl (C=O) groups excluding carboxylic acids is 2. The smallest absolute Gasteiger partial charge is 0.331 e. The molecule has 0 saturated carbocycles. The van der Waals surface area contributed by atoms with Crippen molar-refractivity contribution in [1.82, 2.24) is 0 Å². The van der Waals surface area contributed by atoms with Crippen LogP contribution in [0.15, 0.2) is 40.4 Å². The topological polar surface area (TPSA) is 103 Å². The van der Waals surface area contributed by atoms with Gasteiger partial charge in [-0.25, -0.2) is 4.79 Å². The first kappa shape index (κ1) is 21.3. The summed E-state index contributed by atoms with van der Waals surface area (Å²) in [5.41, 5.74) is 0.906. The molecule has 0 aliphatic rings. The minimum Gasteiger partial charge on any atom is -0.473 e. The molecule has 0 bridgehead atoms. The maximum Gasteiger partial charge on any atom is 0.331 e. The summed E-state index contributed by atoms with van der Waals surface area (Å²) in [5, 5.41) is 3.52. The fourth-order valence-corrected chi connectivity index (χ4v) is 2.13. The minimum absolute atomic E-state index is 0.0685. The molecule has 26 heavy (non-hydrogen) atoms. The zero-order valence-electron chi connectivity index (χ0n) is 15.5. The van der Waals surface area contributed by atoms with Gasteiger partial charge in [-0.3, -0.25) is 4.99 Å². The van der Waals surface area contributed by atoms with Crippen molar-refractivity contribution in [1.29, 1.82) is 0 Å². The quantitative estimate of drug-likeness (QED) is 0.172. The third-order valence-electron chi connectivity index (χ3n) is 3.58. The second-order valence-electron chi connectivity index (χ2n) is 6.20. The van der Waals surface area contributed by atoms with E-state index in [4.69, 9.17) is 15.3 Å². The van der Waals surface area contributed by atoms with Crippen LogP contribution in [0, 0.1) is 5.92 Å². The van der Waals surface area contributed by atoms with Crippen LogP contribution < -0.4 is 5.84 Å². The highest BCUT2D eigenvalue weighted by molar-refractivity contribution is 6.26. The number of nitrogens with two attached hydrogens (primary N) is 1. The molecule has 1 aromatic carbocycles. The lowest BCUT2D eigenvalue weighted by Crippen LogP contribution is -2.28. The molecule has 7 heteroatoms. The molecule has 2 atom stereocenters. The summed E-state index contributed by atoms with van der Waals surface area (Å²) in [4.78, 5) is 27.0. The van der Waals surface area contributed by atoms with Crippen molar-refractivity contribution in [3.05, 3.63) is 35.9 Å². The van der Waals surface area contributed by atoms with Crippen molar-refractivity contribution < 1.29 is 19.1 Å². The van der Waals surface area contributed by atoms with Gasteiger partial charge in [0.05, 0.1) is 12.3 Å². The number of hydrogen-bond donors (Lipinski definition) is 1. The van der Waals surface area contributed by atoms with Gasteiger partial charge in [0.25, 0.3) is 0 Å². The van der Waals surface area contributed by atoms with Gasteiger partial charge in [0.2, 0.25) is 5.90 Å². The highest BCUT2D eigenvalue weighted by Gasteiger charge is 2.23. The Morgan fingerprint density at radius 3 is 2.50 bits per heavy atom. The molecule has 1 aromatic rings. The molecule has 0 aromatic heterocycles. The summed E-state index contributed by atoms with van der Waals surface area (Å²) in [5.74, 6) is 4.92. The van der Waals surface area contributed by atoms with Crippen molar-refractivity contribution in [2.75, 3.05) is 0 Å². The predicted octanol–water partition coefficient (Wildman–Crippen LogP) is 2.48. The summed E-state index contributed by atoms with van der Waals surface area (Å²) in [6.07, 6.45) is 2.84. The Labute approximate surface area is 154 Å². The maximum absolute atomic E-state index is 12.3. The van der Waals surface area contributed by atoms with Crippen molar-refractivity contribution in [2.45, 2.75) is 52.4 Å². The van der Waals surface area contributed by atoms with E-state index in [1.807, 2.05) is 44.2 Å². The van der Waals surface area contributed by atoms with Crippen LogP contribution >= 0.6 is 0 Å².